The predicted molar refractivity (Wildman–Crippen MR) is 112 cm³/mol. The standard InChI is InChI=1S/C21H21N5O2S/c1-13-7-8-15(11-17(13)23-20(28)14-5-3-2-4-6-14)19(27)22-12-18-24-25-21(29)26(18)16-9-10-16/h2-8,11,16H,9-10,12H2,1H3,(H,22,27)(H,23,28)(H,25,29). The van der Waals surface area contributed by atoms with Crippen LogP contribution in [0.5, 0.6) is 0 Å². The average Bonchev–Trinajstić information content (AvgIpc) is 3.50. The van der Waals surface area contributed by atoms with E-state index in [0.29, 0.717) is 27.6 Å². The molecule has 1 aliphatic carbocycles. The molecule has 0 spiro atoms. The third-order valence-electron chi connectivity index (χ3n) is 4.88. The van der Waals surface area contributed by atoms with E-state index in [1.807, 2.05) is 35.8 Å². The molecule has 0 atom stereocenters. The van der Waals surface area contributed by atoms with Crippen molar-refractivity contribution >= 4 is 29.7 Å². The molecule has 2 aromatic carbocycles. The van der Waals surface area contributed by atoms with Crippen molar-refractivity contribution in [3.63, 3.8) is 0 Å². The van der Waals surface area contributed by atoms with Gasteiger partial charge >= 0.3 is 0 Å². The highest BCUT2D eigenvalue weighted by Gasteiger charge is 2.27. The van der Waals surface area contributed by atoms with Crippen LogP contribution in [0.3, 0.4) is 0 Å². The van der Waals surface area contributed by atoms with Gasteiger partial charge in [0.2, 0.25) is 0 Å². The molecule has 0 bridgehead atoms. The number of hydrogen-bond donors (Lipinski definition) is 3. The Morgan fingerprint density at radius 3 is 2.62 bits per heavy atom. The van der Waals surface area contributed by atoms with Crippen LogP contribution in [0.1, 0.15) is 51.0 Å². The van der Waals surface area contributed by atoms with E-state index < -0.39 is 0 Å². The zero-order chi connectivity index (χ0) is 20.4. The van der Waals surface area contributed by atoms with Gasteiger partial charge in [0.25, 0.3) is 11.8 Å². The van der Waals surface area contributed by atoms with Crippen LogP contribution in [0.2, 0.25) is 0 Å². The molecule has 0 saturated heterocycles. The molecule has 0 unspecified atom stereocenters. The molecule has 0 radical (unpaired) electrons. The van der Waals surface area contributed by atoms with Crippen molar-refractivity contribution in [2.45, 2.75) is 32.4 Å². The summed E-state index contributed by atoms with van der Waals surface area (Å²) in [5, 5.41) is 12.8. The van der Waals surface area contributed by atoms with E-state index in [9.17, 15) is 9.59 Å². The molecule has 2 amide bonds. The molecule has 1 fully saturated rings. The fourth-order valence-corrected chi connectivity index (χ4v) is 3.41. The van der Waals surface area contributed by atoms with Crippen molar-refractivity contribution in [1.82, 2.24) is 20.1 Å². The lowest BCUT2D eigenvalue weighted by Gasteiger charge is -2.11. The lowest BCUT2D eigenvalue weighted by Crippen LogP contribution is -2.25. The summed E-state index contributed by atoms with van der Waals surface area (Å²) in [5.74, 6) is 0.262. The number of aryl methyl sites for hydroxylation is 1. The first-order valence-electron chi connectivity index (χ1n) is 9.44. The van der Waals surface area contributed by atoms with Crippen LogP contribution in [-0.2, 0) is 6.54 Å². The third-order valence-corrected chi connectivity index (χ3v) is 5.17. The van der Waals surface area contributed by atoms with Gasteiger partial charge in [-0.3, -0.25) is 19.3 Å². The van der Waals surface area contributed by atoms with E-state index in [1.54, 1.807) is 24.3 Å². The summed E-state index contributed by atoms with van der Waals surface area (Å²) in [4.78, 5) is 25.1. The first kappa shape index (κ1) is 19.1. The molecule has 1 heterocycles. The van der Waals surface area contributed by atoms with E-state index in [4.69, 9.17) is 12.2 Å². The summed E-state index contributed by atoms with van der Waals surface area (Å²) in [6.07, 6.45) is 2.16. The summed E-state index contributed by atoms with van der Waals surface area (Å²) in [6, 6.07) is 14.6. The Balaban J connectivity index is 1.46. The monoisotopic (exact) mass is 407 g/mol. The summed E-state index contributed by atoms with van der Waals surface area (Å²) in [7, 11) is 0. The number of rotatable bonds is 6. The SMILES string of the molecule is Cc1ccc(C(=O)NCc2n[nH]c(=S)n2C2CC2)cc1NC(=O)c1ccccc1. The van der Waals surface area contributed by atoms with E-state index in [1.165, 1.54) is 0 Å². The number of amides is 2. The second-order valence-corrected chi connectivity index (χ2v) is 7.47. The fourth-order valence-electron chi connectivity index (χ4n) is 3.11. The maximum Gasteiger partial charge on any atom is 0.255 e. The van der Waals surface area contributed by atoms with E-state index >= 15 is 0 Å². The number of nitrogens with zero attached hydrogens (tertiary/aromatic N) is 2. The molecule has 8 heteroatoms. The van der Waals surface area contributed by atoms with Gasteiger partial charge in [-0.25, -0.2) is 0 Å². The number of aromatic amines is 1. The van der Waals surface area contributed by atoms with Crippen molar-refractivity contribution in [1.29, 1.82) is 0 Å². The van der Waals surface area contributed by atoms with Crippen molar-refractivity contribution < 1.29 is 9.59 Å². The van der Waals surface area contributed by atoms with Crippen molar-refractivity contribution in [2.24, 2.45) is 0 Å². The lowest BCUT2D eigenvalue weighted by molar-refractivity contribution is 0.0948. The summed E-state index contributed by atoms with van der Waals surface area (Å²) < 4.78 is 2.55. The number of carbonyl (C=O) groups is 2. The smallest absolute Gasteiger partial charge is 0.255 e. The highest BCUT2D eigenvalue weighted by atomic mass is 32.1. The summed E-state index contributed by atoms with van der Waals surface area (Å²) in [5.41, 5.74) is 2.50. The molecule has 0 aliphatic heterocycles. The van der Waals surface area contributed by atoms with Gasteiger partial charge in [-0.2, -0.15) is 5.10 Å². The molecule has 7 nitrogen and oxygen atoms in total. The maximum absolute atomic E-state index is 12.6. The highest BCUT2D eigenvalue weighted by Crippen LogP contribution is 2.35. The van der Waals surface area contributed by atoms with Gasteiger partial charge in [0, 0.05) is 22.9 Å². The second-order valence-electron chi connectivity index (χ2n) is 7.08. The van der Waals surface area contributed by atoms with Crippen LogP contribution in [0.25, 0.3) is 0 Å². The molecule has 1 aliphatic rings. The molecule has 3 aromatic rings. The second kappa shape index (κ2) is 8.00. The first-order valence-corrected chi connectivity index (χ1v) is 9.85. The number of benzene rings is 2. The minimum Gasteiger partial charge on any atom is -0.345 e. The first-order chi connectivity index (χ1) is 14.0. The topological polar surface area (TPSA) is 91.8 Å². The number of anilines is 1. The Labute approximate surface area is 173 Å². The van der Waals surface area contributed by atoms with Crippen LogP contribution in [-0.4, -0.2) is 26.6 Å². The van der Waals surface area contributed by atoms with Crippen molar-refractivity contribution in [3.05, 3.63) is 75.8 Å². The zero-order valence-electron chi connectivity index (χ0n) is 15.9. The van der Waals surface area contributed by atoms with Gasteiger partial charge in [0.1, 0.15) is 0 Å². The van der Waals surface area contributed by atoms with Crippen LogP contribution in [0.15, 0.2) is 48.5 Å². The van der Waals surface area contributed by atoms with Crippen LogP contribution < -0.4 is 10.6 Å². The Bertz CT molecular complexity index is 1120. The number of aromatic nitrogens is 3. The largest absolute Gasteiger partial charge is 0.345 e. The molecule has 29 heavy (non-hydrogen) atoms. The van der Waals surface area contributed by atoms with E-state index in [-0.39, 0.29) is 18.4 Å². The van der Waals surface area contributed by atoms with Gasteiger partial charge in [-0.05, 0) is 61.8 Å². The zero-order valence-corrected chi connectivity index (χ0v) is 16.8. The molecular formula is C21H21N5O2S. The molecule has 1 saturated carbocycles. The Morgan fingerprint density at radius 2 is 1.90 bits per heavy atom. The number of H-pyrrole nitrogens is 1. The minimum atomic E-state index is -0.239. The third kappa shape index (κ3) is 4.27. The van der Waals surface area contributed by atoms with Gasteiger partial charge in [0.05, 0.1) is 6.54 Å². The minimum absolute atomic E-state index is 0.216. The fraction of sp³-hybridized carbons (Fsp3) is 0.238. The van der Waals surface area contributed by atoms with Crippen LogP contribution in [0, 0.1) is 11.7 Å². The molecular weight excluding hydrogens is 386 g/mol. The Hall–Kier alpha value is -3.26. The van der Waals surface area contributed by atoms with Crippen LogP contribution in [0.4, 0.5) is 5.69 Å². The van der Waals surface area contributed by atoms with Gasteiger partial charge < -0.3 is 10.6 Å². The van der Waals surface area contributed by atoms with Gasteiger partial charge in [-0.1, -0.05) is 24.3 Å². The number of carbonyl (C=O) groups excluding carboxylic acids is 2. The Morgan fingerprint density at radius 1 is 1.14 bits per heavy atom. The normalized spacial score (nSPS) is 13.1. The number of hydrogen-bond acceptors (Lipinski definition) is 4. The molecule has 1 aromatic heterocycles. The van der Waals surface area contributed by atoms with E-state index in [2.05, 4.69) is 20.8 Å². The van der Waals surface area contributed by atoms with Crippen molar-refractivity contribution in [3.8, 4) is 0 Å². The van der Waals surface area contributed by atoms with Crippen molar-refractivity contribution in [2.75, 3.05) is 5.32 Å². The number of nitrogens with one attached hydrogen (secondary N) is 3. The van der Waals surface area contributed by atoms with Crippen LogP contribution >= 0.6 is 12.2 Å². The predicted octanol–water partition coefficient (Wildman–Crippen LogP) is 3.77. The lowest BCUT2D eigenvalue weighted by atomic mass is 10.1. The molecule has 148 valence electrons. The Kier molecular flexibility index (Phi) is 5.26. The molecule has 4 rings (SSSR count). The average molecular weight is 407 g/mol. The quantitative estimate of drug-likeness (QED) is 0.543. The van der Waals surface area contributed by atoms with Gasteiger partial charge in [-0.15, -0.1) is 0 Å². The summed E-state index contributed by atoms with van der Waals surface area (Å²) in [6.45, 7) is 2.16. The van der Waals surface area contributed by atoms with Gasteiger partial charge in [0.15, 0.2) is 10.6 Å². The maximum atomic E-state index is 12.6. The van der Waals surface area contributed by atoms with E-state index in [0.717, 1.165) is 24.2 Å². The molecule has 3 N–H and O–H groups in total. The summed E-state index contributed by atoms with van der Waals surface area (Å²) >= 11 is 5.27. The highest BCUT2D eigenvalue weighted by molar-refractivity contribution is 7.71.